The van der Waals surface area contributed by atoms with Gasteiger partial charge in [0.25, 0.3) is 0 Å². The molecule has 3 nitrogen and oxygen atoms in total. The van der Waals surface area contributed by atoms with Crippen LogP contribution in [0.5, 0.6) is 0 Å². The Bertz CT molecular complexity index is 524. The molecule has 4 fully saturated rings. The molecular weight excluding hydrogens is 258 g/mol. The van der Waals surface area contributed by atoms with E-state index in [2.05, 4.69) is 4.98 Å². The second-order valence-corrected chi connectivity index (χ2v) is 8.71. The van der Waals surface area contributed by atoms with Crippen LogP contribution in [-0.4, -0.2) is 16.0 Å². The lowest BCUT2D eigenvalue weighted by Gasteiger charge is -2.56. The third kappa shape index (κ3) is 2.08. The zero-order chi connectivity index (χ0) is 14.0. The highest BCUT2D eigenvalue weighted by Crippen LogP contribution is 2.60. The number of rotatable bonds is 2. The van der Waals surface area contributed by atoms with Crippen molar-refractivity contribution in [1.82, 2.24) is 9.97 Å². The topological polar surface area (TPSA) is 54.7 Å². The zero-order valence-electron chi connectivity index (χ0n) is 12.9. The highest BCUT2D eigenvalue weighted by molar-refractivity contribution is 5.20. The van der Waals surface area contributed by atoms with Gasteiger partial charge in [-0.1, -0.05) is 0 Å². The van der Waals surface area contributed by atoms with Crippen molar-refractivity contribution >= 4 is 0 Å². The van der Waals surface area contributed by atoms with E-state index >= 15 is 0 Å². The minimum atomic E-state index is 0.338. The third-order valence-electron chi connectivity index (χ3n) is 6.84. The number of nitrogens with one attached hydrogen (secondary N) is 1. The van der Waals surface area contributed by atoms with Crippen molar-refractivity contribution in [2.45, 2.75) is 70.3 Å². The number of aromatic amines is 1. The Kier molecular flexibility index (Phi) is 2.62. The van der Waals surface area contributed by atoms with E-state index in [9.17, 15) is 0 Å². The van der Waals surface area contributed by atoms with E-state index in [-0.39, 0.29) is 0 Å². The zero-order valence-corrected chi connectivity index (χ0v) is 12.9. The fourth-order valence-electron chi connectivity index (χ4n) is 6.51. The fourth-order valence-corrected chi connectivity index (χ4v) is 6.51. The first-order valence-electron chi connectivity index (χ1n) is 9.00. The van der Waals surface area contributed by atoms with Crippen molar-refractivity contribution in [2.75, 3.05) is 0 Å². The predicted molar refractivity (Wildman–Crippen MR) is 82.9 cm³/mol. The average Bonchev–Trinajstić information content (AvgIpc) is 2.77. The van der Waals surface area contributed by atoms with Crippen LogP contribution in [-0.2, 0) is 19.3 Å². The number of nitrogens with two attached hydrogens (primary N) is 1. The van der Waals surface area contributed by atoms with E-state index < -0.39 is 0 Å². The van der Waals surface area contributed by atoms with Crippen LogP contribution in [0.4, 0.5) is 0 Å². The molecule has 5 aliphatic rings. The summed E-state index contributed by atoms with van der Waals surface area (Å²) in [6.45, 7) is 0. The molecule has 3 N–H and O–H groups in total. The Hall–Kier alpha value is -0.830. The SMILES string of the molecule is NC1CCc2nc(CC34CC5CC(CC(C5)C3)C4)[nH]c2C1. The molecule has 6 rings (SSSR count). The number of hydrogen-bond donors (Lipinski definition) is 2. The van der Waals surface area contributed by atoms with Gasteiger partial charge in [-0.3, -0.25) is 0 Å². The first-order chi connectivity index (χ1) is 10.2. The molecule has 1 heterocycles. The highest BCUT2D eigenvalue weighted by atomic mass is 15.0. The third-order valence-corrected chi connectivity index (χ3v) is 6.84. The molecule has 4 saturated carbocycles. The van der Waals surface area contributed by atoms with Crippen molar-refractivity contribution in [3.05, 3.63) is 17.2 Å². The van der Waals surface area contributed by atoms with Gasteiger partial charge in [0.15, 0.2) is 0 Å². The lowest BCUT2D eigenvalue weighted by molar-refractivity contribution is -0.0531. The Balaban J connectivity index is 1.40. The van der Waals surface area contributed by atoms with E-state index in [0.29, 0.717) is 11.5 Å². The monoisotopic (exact) mass is 285 g/mol. The second kappa shape index (κ2) is 4.34. The first kappa shape index (κ1) is 12.7. The van der Waals surface area contributed by atoms with Gasteiger partial charge < -0.3 is 10.7 Å². The van der Waals surface area contributed by atoms with E-state index in [1.54, 1.807) is 0 Å². The number of nitrogens with zero attached hydrogens (tertiary/aromatic N) is 1. The average molecular weight is 285 g/mol. The smallest absolute Gasteiger partial charge is 0.107 e. The Morgan fingerprint density at radius 2 is 1.76 bits per heavy atom. The van der Waals surface area contributed by atoms with Crippen molar-refractivity contribution in [3.63, 3.8) is 0 Å². The highest BCUT2D eigenvalue weighted by Gasteiger charge is 2.51. The van der Waals surface area contributed by atoms with Crippen LogP contribution in [0.25, 0.3) is 0 Å². The van der Waals surface area contributed by atoms with Crippen molar-refractivity contribution in [3.8, 4) is 0 Å². The molecule has 0 saturated heterocycles. The number of aromatic nitrogens is 2. The van der Waals surface area contributed by atoms with Gasteiger partial charge in [0, 0.05) is 24.6 Å². The summed E-state index contributed by atoms with van der Waals surface area (Å²) >= 11 is 0. The van der Waals surface area contributed by atoms with Crippen molar-refractivity contribution in [2.24, 2.45) is 28.9 Å². The van der Waals surface area contributed by atoms with Crippen molar-refractivity contribution in [1.29, 1.82) is 0 Å². The molecule has 1 aromatic rings. The Labute approximate surface area is 127 Å². The Morgan fingerprint density at radius 3 is 2.43 bits per heavy atom. The quantitative estimate of drug-likeness (QED) is 0.877. The molecule has 0 spiro atoms. The molecule has 21 heavy (non-hydrogen) atoms. The molecule has 4 bridgehead atoms. The molecule has 3 heteroatoms. The van der Waals surface area contributed by atoms with Gasteiger partial charge in [-0.15, -0.1) is 0 Å². The van der Waals surface area contributed by atoms with Gasteiger partial charge in [0.1, 0.15) is 5.82 Å². The lowest BCUT2D eigenvalue weighted by atomic mass is 9.49. The molecule has 5 aliphatic carbocycles. The number of imidazole rings is 1. The summed E-state index contributed by atoms with van der Waals surface area (Å²) < 4.78 is 0. The maximum atomic E-state index is 6.10. The van der Waals surface area contributed by atoms with Gasteiger partial charge in [0.05, 0.1) is 5.69 Å². The van der Waals surface area contributed by atoms with E-state index in [1.165, 1.54) is 62.2 Å². The molecule has 0 radical (unpaired) electrons. The van der Waals surface area contributed by atoms with Crippen LogP contribution in [0.3, 0.4) is 0 Å². The normalized spacial score (nSPS) is 44.0. The van der Waals surface area contributed by atoms with Gasteiger partial charge in [-0.05, 0) is 74.5 Å². The predicted octanol–water partition coefficient (Wildman–Crippen LogP) is 2.98. The first-order valence-corrected chi connectivity index (χ1v) is 9.00. The Morgan fingerprint density at radius 1 is 1.10 bits per heavy atom. The summed E-state index contributed by atoms with van der Waals surface area (Å²) in [6, 6.07) is 0.338. The van der Waals surface area contributed by atoms with Crippen LogP contribution in [0.1, 0.15) is 62.2 Å². The van der Waals surface area contributed by atoms with Gasteiger partial charge in [-0.2, -0.15) is 0 Å². The molecule has 1 aromatic heterocycles. The standard InChI is InChI=1S/C18H27N3/c19-14-1-2-15-16(6-14)21-17(20-15)10-18-7-11-3-12(8-18)5-13(4-11)9-18/h11-14H,1-10,19H2,(H,20,21). The fraction of sp³-hybridized carbons (Fsp3) is 0.833. The number of H-pyrrole nitrogens is 1. The van der Waals surface area contributed by atoms with E-state index in [1.807, 2.05) is 0 Å². The minimum Gasteiger partial charge on any atom is -0.346 e. The summed E-state index contributed by atoms with van der Waals surface area (Å²) in [5.41, 5.74) is 9.35. The molecule has 1 unspecified atom stereocenters. The number of fused-ring (bicyclic) bond motifs is 1. The summed E-state index contributed by atoms with van der Waals surface area (Å²) in [7, 11) is 0. The van der Waals surface area contributed by atoms with Crippen LogP contribution in [0.2, 0.25) is 0 Å². The van der Waals surface area contributed by atoms with Crippen LogP contribution in [0.15, 0.2) is 0 Å². The molecule has 0 aromatic carbocycles. The van der Waals surface area contributed by atoms with Crippen LogP contribution < -0.4 is 5.73 Å². The molecule has 114 valence electrons. The van der Waals surface area contributed by atoms with Gasteiger partial charge >= 0.3 is 0 Å². The number of aryl methyl sites for hydroxylation is 1. The molecule has 0 aliphatic heterocycles. The number of hydrogen-bond acceptors (Lipinski definition) is 2. The lowest BCUT2D eigenvalue weighted by Crippen LogP contribution is -2.47. The second-order valence-electron chi connectivity index (χ2n) is 8.71. The molecule has 0 amide bonds. The largest absolute Gasteiger partial charge is 0.346 e. The van der Waals surface area contributed by atoms with E-state index in [0.717, 1.165) is 37.0 Å². The summed E-state index contributed by atoms with van der Waals surface area (Å²) in [4.78, 5) is 8.60. The summed E-state index contributed by atoms with van der Waals surface area (Å²) in [5, 5.41) is 0. The summed E-state index contributed by atoms with van der Waals surface area (Å²) in [5.74, 6) is 4.38. The molecule has 1 atom stereocenters. The van der Waals surface area contributed by atoms with Gasteiger partial charge in [-0.25, -0.2) is 4.98 Å². The van der Waals surface area contributed by atoms with Crippen LogP contribution >= 0.6 is 0 Å². The van der Waals surface area contributed by atoms with Crippen LogP contribution in [0, 0.1) is 23.2 Å². The summed E-state index contributed by atoms with van der Waals surface area (Å²) in [6.07, 6.45) is 13.4. The molecular formula is C18H27N3. The van der Waals surface area contributed by atoms with E-state index in [4.69, 9.17) is 10.7 Å². The maximum Gasteiger partial charge on any atom is 0.107 e. The van der Waals surface area contributed by atoms with Gasteiger partial charge in [0.2, 0.25) is 0 Å². The maximum absolute atomic E-state index is 6.10. The minimum absolute atomic E-state index is 0.338. The van der Waals surface area contributed by atoms with Crippen molar-refractivity contribution < 1.29 is 0 Å².